The van der Waals surface area contributed by atoms with E-state index in [2.05, 4.69) is 150 Å². The van der Waals surface area contributed by atoms with Crippen LogP contribution in [-0.4, -0.2) is 25.6 Å². The van der Waals surface area contributed by atoms with E-state index in [1.54, 1.807) is 11.3 Å². The van der Waals surface area contributed by atoms with Crippen molar-refractivity contribution >= 4 is 48.9 Å². The lowest BCUT2D eigenvalue weighted by atomic mass is 10.1. The zero-order valence-corrected chi connectivity index (χ0v) is 29.8. The summed E-state index contributed by atoms with van der Waals surface area (Å²) in [7, 11) is -3.96. The number of halogens is 1. The van der Waals surface area contributed by atoms with Gasteiger partial charge in [-0.15, -0.1) is 11.3 Å². The monoisotopic (exact) mass is 699 g/mol. The van der Waals surface area contributed by atoms with E-state index in [0.29, 0.717) is 0 Å². The van der Waals surface area contributed by atoms with Gasteiger partial charge in [0.15, 0.2) is 8.32 Å². The molecule has 0 aliphatic heterocycles. The van der Waals surface area contributed by atoms with Gasteiger partial charge in [0.05, 0.1) is 23.0 Å². The van der Waals surface area contributed by atoms with Crippen molar-refractivity contribution in [1.82, 2.24) is 4.98 Å². The molecule has 0 aliphatic rings. The first-order valence-electron chi connectivity index (χ1n) is 13.9. The van der Waals surface area contributed by atoms with Crippen molar-refractivity contribution in [3.63, 3.8) is 0 Å². The van der Waals surface area contributed by atoms with Crippen LogP contribution in [-0.2, 0) is 4.43 Å². The maximum absolute atomic E-state index is 7.21. The van der Waals surface area contributed by atoms with E-state index < -0.39 is 15.6 Å². The third-order valence-electron chi connectivity index (χ3n) is 8.08. The van der Waals surface area contributed by atoms with Gasteiger partial charge in [-0.2, -0.15) is 0 Å². The fourth-order valence-corrected chi connectivity index (χ4v) is 11.2. The van der Waals surface area contributed by atoms with Crippen LogP contribution in [0.5, 0.6) is 0 Å². The maximum Gasteiger partial charge on any atom is 0.192 e. The molecule has 4 aromatic rings. The lowest BCUT2D eigenvalue weighted by Crippen LogP contribution is -3.00. The van der Waals surface area contributed by atoms with E-state index in [1.165, 1.54) is 21.5 Å². The molecule has 4 rings (SSSR count). The summed E-state index contributed by atoms with van der Waals surface area (Å²) >= 11 is 1.70. The molecule has 1 atom stereocenters. The third-order valence-corrected chi connectivity index (χ3v) is 17.8. The third kappa shape index (κ3) is 7.60. The van der Waals surface area contributed by atoms with Gasteiger partial charge in [-0.05, 0) is 80.0 Å². The molecule has 0 amide bonds. The number of hydrogen-bond donors (Lipinski definition) is 0. The Morgan fingerprint density at radius 2 is 1.32 bits per heavy atom. The molecule has 212 valence electrons. The van der Waals surface area contributed by atoms with Gasteiger partial charge in [0.25, 0.3) is 0 Å². The summed E-state index contributed by atoms with van der Waals surface area (Å²) in [4.78, 5) is 4.73. The van der Waals surface area contributed by atoms with Gasteiger partial charge in [0.2, 0.25) is 0 Å². The standard InChI is InChI=1S/C34H43NOPSSi.HI/c1-27(25-29-26-38-28(2)35-29)33(36-39(6,7)34(3,4)5)23-24-37(30-17-11-8-12-18-30,31-19-13-9-14-20-31)32-21-15-10-16-22-32;/h8-22,25-26,33H,23-24H2,1-7H3;1H/q+1;/p-1/b27-25+;. The first-order valence-corrected chi connectivity index (χ1v) is 19.6. The van der Waals surface area contributed by atoms with Crippen LogP contribution in [0.25, 0.3) is 6.08 Å². The molecule has 0 aliphatic carbocycles. The topological polar surface area (TPSA) is 22.1 Å². The Kier molecular flexibility index (Phi) is 11.5. The first-order chi connectivity index (χ1) is 18.5. The van der Waals surface area contributed by atoms with Crippen LogP contribution in [0.15, 0.2) is 102 Å². The minimum atomic E-state index is -2.02. The lowest BCUT2D eigenvalue weighted by molar-refractivity contribution is -0.00000932. The number of benzene rings is 3. The van der Waals surface area contributed by atoms with Crippen LogP contribution in [0.2, 0.25) is 18.1 Å². The summed E-state index contributed by atoms with van der Waals surface area (Å²) in [6, 6.07) is 33.5. The van der Waals surface area contributed by atoms with Crippen molar-refractivity contribution in [3.05, 3.63) is 113 Å². The Balaban J connectivity index is 0.00000441. The number of hydrogen-bond acceptors (Lipinski definition) is 3. The van der Waals surface area contributed by atoms with Crippen LogP contribution >= 0.6 is 18.6 Å². The predicted octanol–water partition coefficient (Wildman–Crippen LogP) is 5.63. The predicted molar refractivity (Wildman–Crippen MR) is 177 cm³/mol. The quantitative estimate of drug-likeness (QED) is 0.122. The summed E-state index contributed by atoms with van der Waals surface area (Å²) < 4.78 is 7.21. The largest absolute Gasteiger partial charge is 1.00 e. The van der Waals surface area contributed by atoms with Crippen LogP contribution in [0.3, 0.4) is 0 Å². The molecule has 2 nitrogen and oxygen atoms in total. The molecule has 40 heavy (non-hydrogen) atoms. The number of aryl methyl sites for hydroxylation is 1. The molecule has 0 fully saturated rings. The molecular weight excluding hydrogens is 656 g/mol. The summed E-state index contributed by atoms with van der Waals surface area (Å²) in [6.07, 6.45) is 4.26. The van der Waals surface area contributed by atoms with Crippen molar-refractivity contribution < 1.29 is 28.4 Å². The molecule has 0 radical (unpaired) electrons. The SMILES string of the molecule is C/C(=C\c1csc(C)n1)C(CC[P+](c1ccccc1)(c1ccccc1)c1ccccc1)O[Si](C)(C)C(C)(C)C.[I-]. The van der Waals surface area contributed by atoms with Crippen molar-refractivity contribution in [1.29, 1.82) is 0 Å². The minimum absolute atomic E-state index is 0. The summed E-state index contributed by atoms with van der Waals surface area (Å²) in [5.41, 5.74) is 2.30. The van der Waals surface area contributed by atoms with E-state index >= 15 is 0 Å². The molecule has 0 bridgehead atoms. The highest BCUT2D eigenvalue weighted by Crippen LogP contribution is 2.56. The highest BCUT2D eigenvalue weighted by molar-refractivity contribution is 7.95. The lowest BCUT2D eigenvalue weighted by Gasteiger charge is -2.40. The first kappa shape index (κ1) is 32.9. The summed E-state index contributed by atoms with van der Waals surface area (Å²) in [5.74, 6) is 0. The molecular formula is C34H43INOPSSi. The van der Waals surface area contributed by atoms with E-state index in [1.807, 2.05) is 0 Å². The van der Waals surface area contributed by atoms with Gasteiger partial charge in [0.1, 0.15) is 23.2 Å². The fourth-order valence-electron chi connectivity index (χ4n) is 4.88. The van der Waals surface area contributed by atoms with Crippen molar-refractivity contribution in [3.8, 4) is 0 Å². The Morgan fingerprint density at radius 1 is 0.875 bits per heavy atom. The molecule has 0 saturated heterocycles. The van der Waals surface area contributed by atoms with Gasteiger partial charge >= 0.3 is 0 Å². The Bertz CT molecular complexity index is 1270. The number of aromatic nitrogens is 1. The highest BCUT2D eigenvalue weighted by Gasteiger charge is 2.46. The number of thiazole rings is 1. The molecule has 6 heteroatoms. The van der Waals surface area contributed by atoms with Crippen molar-refractivity contribution in [2.75, 3.05) is 6.16 Å². The molecule has 1 heterocycles. The Morgan fingerprint density at radius 3 is 1.70 bits per heavy atom. The molecule has 0 N–H and O–H groups in total. The molecule has 1 aromatic heterocycles. The average Bonchev–Trinajstić information content (AvgIpc) is 3.33. The van der Waals surface area contributed by atoms with Gasteiger partial charge in [0, 0.05) is 11.8 Å². The average molecular weight is 700 g/mol. The van der Waals surface area contributed by atoms with E-state index in [-0.39, 0.29) is 35.1 Å². The van der Waals surface area contributed by atoms with E-state index in [0.717, 1.165) is 23.3 Å². The molecule has 0 spiro atoms. The zero-order valence-electron chi connectivity index (χ0n) is 24.9. The smallest absolute Gasteiger partial charge is 0.192 e. The van der Waals surface area contributed by atoms with Crippen LogP contribution < -0.4 is 39.9 Å². The fraction of sp³-hybridized carbons (Fsp3) is 0.324. The second kappa shape index (κ2) is 14.0. The number of nitrogens with zero attached hydrogens (tertiary/aromatic N) is 1. The molecule has 3 aromatic carbocycles. The maximum atomic E-state index is 7.21. The molecule has 0 saturated carbocycles. The van der Waals surface area contributed by atoms with Gasteiger partial charge < -0.3 is 28.4 Å². The van der Waals surface area contributed by atoms with Gasteiger partial charge in [-0.1, -0.05) is 75.4 Å². The Hall–Kier alpha value is -1.63. The summed E-state index contributed by atoms with van der Waals surface area (Å²) in [5, 5.41) is 7.64. The van der Waals surface area contributed by atoms with Crippen LogP contribution in [0.1, 0.15) is 44.8 Å². The van der Waals surface area contributed by atoms with Crippen LogP contribution in [0.4, 0.5) is 0 Å². The second-order valence-electron chi connectivity index (χ2n) is 11.9. The van der Waals surface area contributed by atoms with Gasteiger partial charge in [-0.25, -0.2) is 4.98 Å². The Labute approximate surface area is 264 Å². The highest BCUT2D eigenvalue weighted by atomic mass is 127. The van der Waals surface area contributed by atoms with Crippen molar-refractivity contribution in [2.45, 2.75) is 65.3 Å². The van der Waals surface area contributed by atoms with E-state index in [9.17, 15) is 0 Å². The normalized spacial score (nSPS) is 13.5. The zero-order chi connectivity index (χ0) is 28.1. The van der Waals surface area contributed by atoms with Gasteiger partial charge in [-0.3, -0.25) is 0 Å². The minimum Gasteiger partial charge on any atom is -1.00 e. The van der Waals surface area contributed by atoms with Crippen molar-refractivity contribution in [2.24, 2.45) is 0 Å². The summed E-state index contributed by atoms with van der Waals surface area (Å²) in [6.45, 7) is 16.0. The molecule has 1 unspecified atom stereocenters. The van der Waals surface area contributed by atoms with E-state index in [4.69, 9.17) is 9.41 Å². The number of rotatable bonds is 10. The second-order valence-corrected chi connectivity index (χ2v) is 21.3. The van der Waals surface area contributed by atoms with Crippen LogP contribution in [0, 0.1) is 6.92 Å².